The Morgan fingerprint density at radius 1 is 1.21 bits per heavy atom. The highest BCUT2D eigenvalue weighted by Crippen LogP contribution is 2.52. The molecule has 2 N–H and O–H groups in total. The summed E-state index contributed by atoms with van der Waals surface area (Å²) in [6.07, 6.45) is 6.91. The number of likely N-dealkylation sites (tertiary alicyclic amines) is 1. The van der Waals surface area contributed by atoms with E-state index in [9.17, 15) is 9.59 Å². The van der Waals surface area contributed by atoms with Crippen LogP contribution in [0.5, 0.6) is 5.88 Å². The lowest BCUT2D eigenvalue weighted by atomic mass is 9.85. The van der Waals surface area contributed by atoms with Crippen molar-refractivity contribution in [3.63, 3.8) is 0 Å². The molecule has 4 rings (SSSR count). The summed E-state index contributed by atoms with van der Waals surface area (Å²) in [5, 5.41) is 6.40. The molecule has 0 spiro atoms. The van der Waals surface area contributed by atoms with E-state index < -0.39 is 0 Å². The highest BCUT2D eigenvalue weighted by atomic mass is 16.5. The van der Waals surface area contributed by atoms with Crippen molar-refractivity contribution in [3.05, 3.63) is 36.0 Å². The normalized spacial score (nSPS) is 27.5. The highest BCUT2D eigenvalue weighted by Gasteiger charge is 2.58. The van der Waals surface area contributed by atoms with E-state index in [1.54, 1.807) is 19.4 Å². The predicted molar refractivity (Wildman–Crippen MR) is 108 cm³/mol. The molecule has 29 heavy (non-hydrogen) atoms. The maximum atomic E-state index is 12.7. The Labute approximate surface area is 170 Å². The number of guanidine groups is 1. The van der Waals surface area contributed by atoms with Gasteiger partial charge in [-0.2, -0.15) is 0 Å². The molecule has 154 valence electrons. The number of carbonyl (C=O) groups is 2. The maximum absolute atomic E-state index is 12.7. The van der Waals surface area contributed by atoms with Crippen LogP contribution in [0.2, 0.25) is 0 Å². The van der Waals surface area contributed by atoms with Crippen molar-refractivity contribution in [1.82, 2.24) is 20.5 Å². The number of nitrogens with one attached hydrogen (secondary N) is 2. The van der Waals surface area contributed by atoms with Gasteiger partial charge in [0.15, 0.2) is 5.96 Å². The van der Waals surface area contributed by atoms with Gasteiger partial charge in [0, 0.05) is 31.9 Å². The van der Waals surface area contributed by atoms with Crippen LogP contribution in [0.1, 0.15) is 18.9 Å². The molecule has 1 aromatic heterocycles. The Bertz CT molecular complexity index is 805. The summed E-state index contributed by atoms with van der Waals surface area (Å²) >= 11 is 0. The van der Waals surface area contributed by atoms with Gasteiger partial charge in [0.25, 0.3) is 0 Å². The number of hydrogen-bond donors (Lipinski definition) is 2. The molecule has 2 heterocycles. The van der Waals surface area contributed by atoms with Gasteiger partial charge >= 0.3 is 0 Å². The van der Waals surface area contributed by atoms with Gasteiger partial charge in [-0.3, -0.25) is 14.5 Å². The largest absolute Gasteiger partial charge is 0.481 e. The molecule has 8 nitrogen and oxygen atoms in total. The monoisotopic (exact) mass is 397 g/mol. The van der Waals surface area contributed by atoms with Crippen molar-refractivity contribution in [2.75, 3.05) is 26.7 Å². The van der Waals surface area contributed by atoms with Crippen molar-refractivity contribution < 1.29 is 14.3 Å². The van der Waals surface area contributed by atoms with Gasteiger partial charge in [0.2, 0.25) is 17.7 Å². The second-order valence-electron chi connectivity index (χ2n) is 7.66. The minimum atomic E-state index is -0.137. The SMILES string of the molecule is CCNC(=NCc1ccc(OC)nc1)NCCN1C(=O)C2C3C=CC(C3)C2C1=O. The molecule has 1 saturated carbocycles. The lowest BCUT2D eigenvalue weighted by Crippen LogP contribution is -2.43. The Balaban J connectivity index is 1.31. The molecule has 4 atom stereocenters. The number of aromatic nitrogens is 1. The Morgan fingerprint density at radius 2 is 1.93 bits per heavy atom. The van der Waals surface area contributed by atoms with E-state index in [2.05, 4.69) is 32.8 Å². The summed E-state index contributed by atoms with van der Waals surface area (Å²) in [6.45, 7) is 4.00. The second-order valence-corrected chi connectivity index (χ2v) is 7.66. The topological polar surface area (TPSA) is 95.9 Å². The van der Waals surface area contributed by atoms with Gasteiger partial charge in [-0.15, -0.1) is 0 Å². The zero-order valence-corrected chi connectivity index (χ0v) is 16.8. The van der Waals surface area contributed by atoms with Crippen LogP contribution in [0.15, 0.2) is 35.5 Å². The lowest BCUT2D eigenvalue weighted by Gasteiger charge is -2.18. The van der Waals surface area contributed by atoms with E-state index in [0.717, 1.165) is 12.0 Å². The van der Waals surface area contributed by atoms with Crippen molar-refractivity contribution >= 4 is 17.8 Å². The van der Waals surface area contributed by atoms with E-state index in [-0.39, 0.29) is 35.5 Å². The Kier molecular flexibility index (Phi) is 5.51. The highest BCUT2D eigenvalue weighted by molar-refractivity contribution is 6.06. The summed E-state index contributed by atoms with van der Waals surface area (Å²) in [5.41, 5.74) is 0.962. The molecule has 3 aliphatic rings. The Morgan fingerprint density at radius 3 is 2.52 bits per heavy atom. The van der Waals surface area contributed by atoms with Crippen LogP contribution >= 0.6 is 0 Å². The number of imide groups is 1. The van der Waals surface area contributed by atoms with Gasteiger partial charge in [0.05, 0.1) is 25.5 Å². The zero-order valence-electron chi connectivity index (χ0n) is 16.8. The molecule has 8 heteroatoms. The Hall–Kier alpha value is -2.90. The average molecular weight is 397 g/mol. The van der Waals surface area contributed by atoms with Crippen LogP contribution in [-0.4, -0.2) is 54.4 Å². The molecular weight excluding hydrogens is 370 g/mol. The zero-order chi connectivity index (χ0) is 20.4. The fourth-order valence-corrected chi connectivity index (χ4v) is 4.61. The number of nitrogens with zero attached hydrogens (tertiary/aromatic N) is 3. The molecule has 0 aromatic carbocycles. The lowest BCUT2D eigenvalue weighted by molar-refractivity contribution is -0.140. The van der Waals surface area contributed by atoms with Crippen molar-refractivity contribution in [2.45, 2.75) is 19.9 Å². The van der Waals surface area contributed by atoms with Crippen LogP contribution in [0.3, 0.4) is 0 Å². The number of pyridine rings is 1. The molecule has 1 aromatic rings. The smallest absolute Gasteiger partial charge is 0.233 e. The first kappa shape index (κ1) is 19.4. The molecule has 1 saturated heterocycles. The van der Waals surface area contributed by atoms with Crippen LogP contribution < -0.4 is 15.4 Å². The molecule has 4 unspecified atom stereocenters. The molecule has 2 fully saturated rings. The van der Waals surface area contributed by atoms with Crippen LogP contribution in [-0.2, 0) is 16.1 Å². The summed E-state index contributed by atoms with van der Waals surface area (Å²) in [7, 11) is 1.58. The van der Waals surface area contributed by atoms with E-state index in [4.69, 9.17) is 4.74 Å². The molecule has 1 aliphatic heterocycles. The van der Waals surface area contributed by atoms with E-state index in [0.29, 0.717) is 38.0 Å². The first-order valence-electron chi connectivity index (χ1n) is 10.2. The number of aliphatic imine (C=N–C) groups is 1. The average Bonchev–Trinajstić information content (AvgIpc) is 3.42. The first-order chi connectivity index (χ1) is 14.1. The molecule has 2 aliphatic carbocycles. The summed E-state index contributed by atoms with van der Waals surface area (Å²) in [5.74, 6) is 1.41. The van der Waals surface area contributed by atoms with Crippen LogP contribution in [0, 0.1) is 23.7 Å². The third-order valence-corrected chi connectivity index (χ3v) is 5.96. The first-order valence-corrected chi connectivity index (χ1v) is 10.2. The third kappa shape index (κ3) is 3.71. The van der Waals surface area contributed by atoms with Crippen LogP contribution in [0.25, 0.3) is 0 Å². The van der Waals surface area contributed by atoms with Crippen LogP contribution in [0.4, 0.5) is 0 Å². The van der Waals surface area contributed by atoms with E-state index >= 15 is 0 Å². The van der Waals surface area contributed by atoms with Gasteiger partial charge in [0.1, 0.15) is 0 Å². The molecule has 2 bridgehead atoms. The number of rotatable bonds is 7. The van der Waals surface area contributed by atoms with Crippen molar-refractivity contribution in [3.8, 4) is 5.88 Å². The molecule has 0 radical (unpaired) electrons. The minimum Gasteiger partial charge on any atom is -0.481 e. The van der Waals surface area contributed by atoms with E-state index in [1.807, 2.05) is 13.0 Å². The van der Waals surface area contributed by atoms with Crippen molar-refractivity contribution in [1.29, 1.82) is 0 Å². The number of allylic oxidation sites excluding steroid dienone is 2. The fraction of sp³-hybridized carbons (Fsp3) is 0.524. The fourth-order valence-electron chi connectivity index (χ4n) is 4.61. The molecule has 2 amide bonds. The minimum absolute atomic E-state index is 0.00935. The standard InChI is InChI=1S/C21H27N5O3/c1-3-22-21(25-12-13-4-7-16(29-2)24-11-13)23-8-9-26-19(27)17-14-5-6-15(10-14)18(17)20(26)28/h4-7,11,14-15,17-18H,3,8-10,12H2,1-2H3,(H2,22,23,25). The summed E-state index contributed by atoms with van der Waals surface area (Å²) in [4.78, 5) is 35.6. The van der Waals surface area contributed by atoms with Crippen molar-refractivity contribution in [2.24, 2.45) is 28.7 Å². The summed E-state index contributed by atoms with van der Waals surface area (Å²) < 4.78 is 5.06. The second kappa shape index (κ2) is 8.23. The number of ether oxygens (including phenoxy) is 1. The third-order valence-electron chi connectivity index (χ3n) is 5.96. The van der Waals surface area contributed by atoms with Gasteiger partial charge in [-0.25, -0.2) is 9.98 Å². The molecular formula is C21H27N5O3. The summed E-state index contributed by atoms with van der Waals surface area (Å²) in [6, 6.07) is 3.72. The quantitative estimate of drug-likeness (QED) is 0.308. The number of methoxy groups -OCH3 is 1. The number of hydrogen-bond acceptors (Lipinski definition) is 5. The van der Waals surface area contributed by atoms with E-state index in [1.165, 1.54) is 4.90 Å². The number of amides is 2. The maximum Gasteiger partial charge on any atom is 0.233 e. The van der Waals surface area contributed by atoms with Gasteiger partial charge in [-0.1, -0.05) is 18.2 Å². The van der Waals surface area contributed by atoms with Gasteiger partial charge < -0.3 is 15.4 Å². The predicted octanol–water partition coefficient (Wildman–Crippen LogP) is 0.952. The number of fused-ring (bicyclic) bond motifs is 5. The number of carbonyl (C=O) groups excluding carboxylic acids is 2. The van der Waals surface area contributed by atoms with Gasteiger partial charge in [-0.05, 0) is 30.7 Å².